The van der Waals surface area contributed by atoms with Gasteiger partial charge in [0.05, 0.1) is 22.6 Å². The Morgan fingerprint density at radius 2 is 1.97 bits per heavy atom. The number of carbonyl (C=O) groups is 3. The van der Waals surface area contributed by atoms with Crippen LogP contribution in [0.3, 0.4) is 0 Å². The number of aliphatic imine (C=N–C) groups is 1. The Bertz CT molecular complexity index is 1110. The number of benzene rings is 2. The van der Waals surface area contributed by atoms with Crippen molar-refractivity contribution >= 4 is 52.4 Å². The number of nitrogens with one attached hydrogen (secondary N) is 1. The number of carboxylic acids is 1. The third-order valence-electron chi connectivity index (χ3n) is 4.04. The average Bonchev–Trinajstić information content (AvgIpc) is 3.04. The van der Waals surface area contributed by atoms with Crippen LogP contribution in [-0.2, 0) is 16.2 Å². The van der Waals surface area contributed by atoms with E-state index in [9.17, 15) is 14.4 Å². The first-order valence-electron chi connectivity index (χ1n) is 8.89. The number of aromatic carboxylic acids is 1. The summed E-state index contributed by atoms with van der Waals surface area (Å²) >= 11 is 7.43. The average molecular weight is 461 g/mol. The third kappa shape index (κ3) is 5.65. The number of methoxy groups -OCH3 is 1. The first kappa shape index (κ1) is 22.4. The Morgan fingerprint density at radius 1 is 1.26 bits per heavy atom. The van der Waals surface area contributed by atoms with Gasteiger partial charge < -0.3 is 19.9 Å². The van der Waals surface area contributed by atoms with Crippen LogP contribution in [0, 0.1) is 0 Å². The molecule has 10 heteroatoms. The molecule has 3 rings (SSSR count). The highest BCUT2D eigenvalue weighted by molar-refractivity contribution is 8.18. The largest absolute Gasteiger partial charge is 0.493 e. The van der Waals surface area contributed by atoms with Gasteiger partial charge in [0.1, 0.15) is 6.61 Å². The van der Waals surface area contributed by atoms with Crippen molar-refractivity contribution in [3.8, 4) is 11.5 Å². The topological polar surface area (TPSA) is 114 Å². The van der Waals surface area contributed by atoms with Gasteiger partial charge in [-0.1, -0.05) is 23.7 Å². The summed E-state index contributed by atoms with van der Waals surface area (Å²) in [6.45, 7) is 1.48. The van der Waals surface area contributed by atoms with Crippen molar-refractivity contribution < 1.29 is 29.0 Å². The lowest BCUT2D eigenvalue weighted by Gasteiger charge is -2.13. The molecular formula is C21H17ClN2O6S. The summed E-state index contributed by atoms with van der Waals surface area (Å²) in [5.41, 5.74) is 1.53. The van der Waals surface area contributed by atoms with Gasteiger partial charge in [0.15, 0.2) is 16.7 Å². The molecule has 2 aromatic rings. The van der Waals surface area contributed by atoms with Crippen LogP contribution in [0.25, 0.3) is 6.08 Å². The Labute approximate surface area is 186 Å². The molecule has 1 heterocycles. The van der Waals surface area contributed by atoms with E-state index in [1.807, 2.05) is 0 Å². The SMILES string of the molecule is COc1cc(/C=C2/SC(NC(C)=O)=NC2=O)cc(Cl)c1OCc1ccc(C(=O)O)cc1. The van der Waals surface area contributed by atoms with Crippen molar-refractivity contribution in [3.05, 3.63) is 63.0 Å². The van der Waals surface area contributed by atoms with Gasteiger partial charge in [-0.3, -0.25) is 9.59 Å². The lowest BCUT2D eigenvalue weighted by atomic mass is 10.1. The molecule has 0 fully saturated rings. The number of amidine groups is 1. The summed E-state index contributed by atoms with van der Waals surface area (Å²) in [5.74, 6) is -1.11. The quantitative estimate of drug-likeness (QED) is 0.631. The molecule has 160 valence electrons. The molecule has 0 atom stereocenters. The molecule has 0 spiro atoms. The smallest absolute Gasteiger partial charge is 0.335 e. The summed E-state index contributed by atoms with van der Waals surface area (Å²) in [5, 5.41) is 11.9. The van der Waals surface area contributed by atoms with E-state index < -0.39 is 11.9 Å². The Morgan fingerprint density at radius 3 is 2.58 bits per heavy atom. The predicted molar refractivity (Wildman–Crippen MR) is 118 cm³/mol. The molecule has 8 nitrogen and oxygen atoms in total. The minimum atomic E-state index is -1.00. The Hall–Kier alpha value is -3.30. The molecule has 0 saturated heterocycles. The van der Waals surface area contributed by atoms with E-state index in [4.69, 9.17) is 26.2 Å². The van der Waals surface area contributed by atoms with Crippen LogP contribution in [0.2, 0.25) is 5.02 Å². The third-order valence-corrected chi connectivity index (χ3v) is 5.22. The number of thioether (sulfide) groups is 1. The van der Waals surface area contributed by atoms with Gasteiger partial charge in [0, 0.05) is 6.92 Å². The van der Waals surface area contributed by atoms with Gasteiger partial charge in [-0.2, -0.15) is 4.99 Å². The molecule has 0 unspecified atom stereocenters. The van der Waals surface area contributed by atoms with Crippen molar-refractivity contribution in [1.29, 1.82) is 0 Å². The second-order valence-electron chi connectivity index (χ2n) is 6.34. The second-order valence-corrected chi connectivity index (χ2v) is 7.78. The van der Waals surface area contributed by atoms with Crippen molar-refractivity contribution in [2.45, 2.75) is 13.5 Å². The molecule has 1 aliphatic heterocycles. The lowest BCUT2D eigenvalue weighted by Crippen LogP contribution is -2.23. The highest BCUT2D eigenvalue weighted by Gasteiger charge is 2.23. The zero-order valence-corrected chi connectivity index (χ0v) is 18.0. The predicted octanol–water partition coefficient (Wildman–Crippen LogP) is 3.73. The zero-order valence-electron chi connectivity index (χ0n) is 16.5. The number of carbonyl (C=O) groups excluding carboxylic acids is 2. The van der Waals surface area contributed by atoms with Gasteiger partial charge in [-0.05, 0) is 53.2 Å². The fourth-order valence-electron chi connectivity index (χ4n) is 2.63. The fourth-order valence-corrected chi connectivity index (χ4v) is 3.76. The highest BCUT2D eigenvalue weighted by atomic mass is 35.5. The van der Waals surface area contributed by atoms with Crippen LogP contribution < -0.4 is 14.8 Å². The van der Waals surface area contributed by atoms with E-state index in [0.717, 1.165) is 17.3 Å². The number of rotatable bonds is 6. The Balaban J connectivity index is 1.77. The van der Waals surface area contributed by atoms with E-state index in [2.05, 4.69) is 10.3 Å². The number of ether oxygens (including phenoxy) is 2. The maximum atomic E-state index is 12.0. The molecule has 2 aromatic carbocycles. The van der Waals surface area contributed by atoms with Crippen molar-refractivity contribution in [2.75, 3.05) is 7.11 Å². The first-order valence-corrected chi connectivity index (χ1v) is 10.1. The molecule has 2 amide bonds. The van der Waals surface area contributed by atoms with Gasteiger partial charge in [0.2, 0.25) is 5.91 Å². The number of hydrogen-bond acceptors (Lipinski definition) is 6. The molecule has 0 bridgehead atoms. The summed E-state index contributed by atoms with van der Waals surface area (Å²) in [4.78, 5) is 38.2. The molecule has 1 aliphatic rings. The summed E-state index contributed by atoms with van der Waals surface area (Å²) < 4.78 is 11.2. The lowest BCUT2D eigenvalue weighted by molar-refractivity contribution is -0.117. The Kier molecular flexibility index (Phi) is 6.98. The van der Waals surface area contributed by atoms with Gasteiger partial charge >= 0.3 is 5.97 Å². The molecular weight excluding hydrogens is 444 g/mol. The van der Waals surface area contributed by atoms with Crippen molar-refractivity contribution in [2.24, 2.45) is 4.99 Å². The molecule has 2 N–H and O–H groups in total. The molecule has 31 heavy (non-hydrogen) atoms. The van der Waals surface area contributed by atoms with E-state index >= 15 is 0 Å². The van der Waals surface area contributed by atoms with E-state index in [1.54, 1.807) is 30.3 Å². The number of carboxylic acid groups (broad SMARTS) is 1. The summed E-state index contributed by atoms with van der Waals surface area (Å²) in [7, 11) is 1.46. The summed E-state index contributed by atoms with van der Waals surface area (Å²) in [6, 6.07) is 9.55. The van der Waals surface area contributed by atoms with Gasteiger partial charge in [0.25, 0.3) is 5.91 Å². The van der Waals surface area contributed by atoms with E-state index in [0.29, 0.717) is 22.0 Å². The normalized spacial score (nSPS) is 14.4. The number of amides is 2. The van der Waals surface area contributed by atoms with Gasteiger partial charge in [-0.25, -0.2) is 4.79 Å². The van der Waals surface area contributed by atoms with Crippen LogP contribution in [-0.4, -0.2) is 35.2 Å². The highest BCUT2D eigenvalue weighted by Crippen LogP contribution is 2.38. The van der Waals surface area contributed by atoms with Crippen molar-refractivity contribution in [1.82, 2.24) is 5.32 Å². The molecule has 0 aromatic heterocycles. The number of halogens is 1. The van der Waals surface area contributed by atoms with Crippen LogP contribution in [0.15, 0.2) is 46.3 Å². The van der Waals surface area contributed by atoms with Crippen LogP contribution >= 0.6 is 23.4 Å². The fraction of sp³-hybridized carbons (Fsp3) is 0.143. The van der Waals surface area contributed by atoms with Crippen LogP contribution in [0.4, 0.5) is 0 Å². The number of hydrogen-bond donors (Lipinski definition) is 2. The second kappa shape index (κ2) is 9.67. The molecule has 0 radical (unpaired) electrons. The van der Waals surface area contributed by atoms with E-state index in [-0.39, 0.29) is 28.3 Å². The maximum absolute atomic E-state index is 12.0. The van der Waals surface area contributed by atoms with Crippen molar-refractivity contribution in [3.63, 3.8) is 0 Å². The minimum absolute atomic E-state index is 0.151. The molecule has 0 saturated carbocycles. The van der Waals surface area contributed by atoms with E-state index in [1.165, 1.54) is 26.2 Å². The van der Waals surface area contributed by atoms with Crippen LogP contribution in [0.1, 0.15) is 28.4 Å². The zero-order chi connectivity index (χ0) is 22.5. The standard InChI is InChI=1S/C21H17ClN2O6S/c1-11(25)23-21-24-19(26)17(31-21)9-13-7-15(22)18(16(8-13)29-2)30-10-12-3-5-14(6-4-12)20(27)28/h3-9H,10H2,1-2H3,(H,27,28)(H,23,24,25,26)/b17-9+. The monoisotopic (exact) mass is 460 g/mol. The van der Waals surface area contributed by atoms with Gasteiger partial charge in [-0.15, -0.1) is 0 Å². The maximum Gasteiger partial charge on any atom is 0.335 e. The number of nitrogens with zero attached hydrogens (tertiary/aromatic N) is 1. The summed E-state index contributed by atoms with van der Waals surface area (Å²) in [6.07, 6.45) is 1.59. The minimum Gasteiger partial charge on any atom is -0.493 e. The molecule has 0 aliphatic carbocycles. The van der Waals surface area contributed by atoms with Crippen LogP contribution in [0.5, 0.6) is 11.5 Å². The first-order chi connectivity index (χ1) is 14.8.